The Bertz CT molecular complexity index is 1110. The Morgan fingerprint density at radius 2 is 0.536 bits per heavy atom. The van der Waals surface area contributed by atoms with Crippen LogP contribution in [-0.4, -0.2) is 37.2 Å². The van der Waals surface area contributed by atoms with Gasteiger partial charge in [-0.1, -0.05) is 302 Å². The number of hydrogen-bond donors (Lipinski definition) is 0. The van der Waals surface area contributed by atoms with Crippen LogP contribution in [0.1, 0.15) is 342 Å². The van der Waals surface area contributed by atoms with Crippen LogP contribution < -0.4 is 0 Å². The van der Waals surface area contributed by atoms with E-state index >= 15 is 0 Å². The number of rotatable bonds is 57. The largest absolute Gasteiger partial charge is 0.462 e. The second-order valence-corrected chi connectivity index (χ2v) is 21.0. The molecule has 0 radical (unpaired) electrons. The molecule has 69 heavy (non-hydrogen) atoms. The SMILES string of the molecule is CCCC/C=C\C/C=C\CCCCCCCC(=O)OC(COC(=O)CCCCCCCCCCCCC)COC(=O)CCCCCCCCCCCCCCCCCCCCCCCCCCCC. The summed E-state index contributed by atoms with van der Waals surface area (Å²) in [5.74, 6) is -0.865. The number of ether oxygens (including phenoxy) is 3. The number of carbonyl (C=O) groups is 3. The summed E-state index contributed by atoms with van der Waals surface area (Å²) in [5.41, 5.74) is 0. The first-order chi connectivity index (χ1) is 34.0. The fraction of sp³-hybridized carbons (Fsp3) is 0.889. The van der Waals surface area contributed by atoms with Crippen molar-refractivity contribution in [3.63, 3.8) is 0 Å². The maximum Gasteiger partial charge on any atom is 0.306 e. The van der Waals surface area contributed by atoms with E-state index in [0.717, 1.165) is 83.5 Å². The van der Waals surface area contributed by atoms with Gasteiger partial charge in [0, 0.05) is 19.3 Å². The average molecular weight is 972 g/mol. The van der Waals surface area contributed by atoms with Gasteiger partial charge in [0.05, 0.1) is 0 Å². The van der Waals surface area contributed by atoms with Crippen molar-refractivity contribution in [2.45, 2.75) is 348 Å². The third kappa shape index (κ3) is 56.7. The molecule has 0 saturated heterocycles. The summed E-state index contributed by atoms with van der Waals surface area (Å²) in [6.07, 6.45) is 69.1. The van der Waals surface area contributed by atoms with Crippen LogP contribution in [0.3, 0.4) is 0 Å². The van der Waals surface area contributed by atoms with E-state index in [1.807, 2.05) is 0 Å². The predicted molar refractivity (Wildman–Crippen MR) is 298 cm³/mol. The van der Waals surface area contributed by atoms with Gasteiger partial charge in [-0.15, -0.1) is 0 Å². The van der Waals surface area contributed by atoms with Crippen LogP contribution in [-0.2, 0) is 28.6 Å². The molecule has 0 aliphatic carbocycles. The standard InChI is InChI=1S/C63H118O6/c1-4-7-10-13-16-19-22-24-26-27-28-29-30-31-32-33-34-35-36-37-39-41-44-47-50-53-56-62(65)68-59-60(58-67-61(64)55-52-49-46-43-40-21-18-15-12-9-6-3)69-63(66)57-54-51-48-45-42-38-25-23-20-17-14-11-8-5-2/h14,17,23,25,60H,4-13,15-16,18-22,24,26-59H2,1-3H3/b17-14-,25-23-. The molecular weight excluding hydrogens is 853 g/mol. The molecule has 1 atom stereocenters. The molecule has 0 N–H and O–H groups in total. The molecule has 0 aromatic heterocycles. The van der Waals surface area contributed by atoms with Gasteiger partial charge in [-0.05, 0) is 44.9 Å². The summed E-state index contributed by atoms with van der Waals surface area (Å²) in [6, 6.07) is 0. The topological polar surface area (TPSA) is 78.9 Å². The van der Waals surface area contributed by atoms with Crippen LogP contribution >= 0.6 is 0 Å². The minimum atomic E-state index is -0.773. The molecule has 0 aliphatic rings. The lowest BCUT2D eigenvalue weighted by Gasteiger charge is -2.18. The molecule has 0 spiro atoms. The molecule has 0 heterocycles. The van der Waals surface area contributed by atoms with Gasteiger partial charge in [0.1, 0.15) is 13.2 Å². The summed E-state index contributed by atoms with van der Waals surface area (Å²) >= 11 is 0. The maximum absolute atomic E-state index is 12.8. The first-order valence-electron chi connectivity index (χ1n) is 30.8. The lowest BCUT2D eigenvalue weighted by atomic mass is 10.0. The smallest absolute Gasteiger partial charge is 0.306 e. The number of hydrogen-bond acceptors (Lipinski definition) is 6. The van der Waals surface area contributed by atoms with Gasteiger partial charge in [0.25, 0.3) is 0 Å². The molecule has 6 nitrogen and oxygen atoms in total. The van der Waals surface area contributed by atoms with Gasteiger partial charge >= 0.3 is 17.9 Å². The van der Waals surface area contributed by atoms with Crippen molar-refractivity contribution in [3.8, 4) is 0 Å². The van der Waals surface area contributed by atoms with E-state index < -0.39 is 6.10 Å². The van der Waals surface area contributed by atoms with E-state index in [2.05, 4.69) is 45.1 Å². The molecule has 0 fully saturated rings. The van der Waals surface area contributed by atoms with Gasteiger partial charge in [-0.2, -0.15) is 0 Å². The lowest BCUT2D eigenvalue weighted by Crippen LogP contribution is -2.30. The van der Waals surface area contributed by atoms with Crippen LogP contribution in [0.4, 0.5) is 0 Å². The van der Waals surface area contributed by atoms with Gasteiger partial charge < -0.3 is 14.2 Å². The molecule has 0 aromatic rings. The highest BCUT2D eigenvalue weighted by Crippen LogP contribution is 2.18. The monoisotopic (exact) mass is 971 g/mol. The molecule has 0 rings (SSSR count). The number of allylic oxidation sites excluding steroid dienone is 4. The molecular formula is C63H118O6. The summed E-state index contributed by atoms with van der Waals surface area (Å²) in [4.78, 5) is 38.1. The third-order valence-corrected chi connectivity index (χ3v) is 14.0. The maximum atomic E-state index is 12.8. The van der Waals surface area contributed by atoms with Gasteiger partial charge in [-0.3, -0.25) is 14.4 Å². The highest BCUT2D eigenvalue weighted by atomic mass is 16.6. The average Bonchev–Trinajstić information content (AvgIpc) is 3.35. The van der Waals surface area contributed by atoms with Gasteiger partial charge in [-0.25, -0.2) is 0 Å². The Labute approximate surface area is 430 Å². The van der Waals surface area contributed by atoms with E-state index in [1.54, 1.807) is 0 Å². The number of esters is 3. The van der Waals surface area contributed by atoms with E-state index in [1.165, 1.54) is 218 Å². The first-order valence-corrected chi connectivity index (χ1v) is 30.8. The van der Waals surface area contributed by atoms with Crippen LogP contribution in [0, 0.1) is 0 Å². The Hall–Kier alpha value is -2.11. The highest BCUT2D eigenvalue weighted by Gasteiger charge is 2.19. The molecule has 406 valence electrons. The zero-order valence-electron chi connectivity index (χ0n) is 46.6. The minimum Gasteiger partial charge on any atom is -0.462 e. The Balaban J connectivity index is 4.15. The molecule has 0 bridgehead atoms. The van der Waals surface area contributed by atoms with E-state index in [9.17, 15) is 14.4 Å². The lowest BCUT2D eigenvalue weighted by molar-refractivity contribution is -0.167. The van der Waals surface area contributed by atoms with E-state index in [0.29, 0.717) is 19.3 Å². The summed E-state index contributed by atoms with van der Waals surface area (Å²) in [6.45, 7) is 6.63. The van der Waals surface area contributed by atoms with Crippen LogP contribution in [0.15, 0.2) is 24.3 Å². The zero-order chi connectivity index (χ0) is 50.0. The second-order valence-electron chi connectivity index (χ2n) is 21.0. The normalized spacial score (nSPS) is 12.1. The molecule has 0 aliphatic heterocycles. The summed E-state index contributed by atoms with van der Waals surface area (Å²) in [7, 11) is 0. The summed E-state index contributed by atoms with van der Waals surface area (Å²) in [5, 5.41) is 0. The van der Waals surface area contributed by atoms with Crippen molar-refractivity contribution < 1.29 is 28.6 Å². The molecule has 0 aromatic carbocycles. The van der Waals surface area contributed by atoms with E-state index in [4.69, 9.17) is 14.2 Å². The third-order valence-electron chi connectivity index (χ3n) is 14.0. The number of unbranched alkanes of at least 4 members (excludes halogenated alkanes) is 42. The Morgan fingerprint density at radius 1 is 0.290 bits per heavy atom. The van der Waals surface area contributed by atoms with Crippen molar-refractivity contribution in [3.05, 3.63) is 24.3 Å². The van der Waals surface area contributed by atoms with Crippen molar-refractivity contribution in [1.29, 1.82) is 0 Å². The Kier molecular flexibility index (Phi) is 56.7. The van der Waals surface area contributed by atoms with Gasteiger partial charge in [0.2, 0.25) is 0 Å². The molecule has 0 saturated carbocycles. The van der Waals surface area contributed by atoms with Crippen molar-refractivity contribution in [1.82, 2.24) is 0 Å². The van der Waals surface area contributed by atoms with Crippen molar-refractivity contribution in [2.75, 3.05) is 13.2 Å². The Morgan fingerprint density at radius 3 is 0.841 bits per heavy atom. The van der Waals surface area contributed by atoms with Crippen molar-refractivity contribution >= 4 is 17.9 Å². The predicted octanol–water partition coefficient (Wildman–Crippen LogP) is 20.7. The minimum absolute atomic E-state index is 0.0716. The fourth-order valence-corrected chi connectivity index (χ4v) is 9.29. The molecule has 6 heteroatoms. The summed E-state index contributed by atoms with van der Waals surface area (Å²) < 4.78 is 16.9. The zero-order valence-corrected chi connectivity index (χ0v) is 46.6. The van der Waals surface area contributed by atoms with E-state index in [-0.39, 0.29) is 31.1 Å². The van der Waals surface area contributed by atoms with Crippen LogP contribution in [0.5, 0.6) is 0 Å². The quantitative estimate of drug-likeness (QED) is 0.0261. The number of carbonyl (C=O) groups excluding carboxylic acids is 3. The second kappa shape index (κ2) is 58.5. The molecule has 0 amide bonds. The van der Waals surface area contributed by atoms with Crippen LogP contribution in [0.2, 0.25) is 0 Å². The highest BCUT2D eigenvalue weighted by molar-refractivity contribution is 5.71. The van der Waals surface area contributed by atoms with Gasteiger partial charge in [0.15, 0.2) is 6.10 Å². The van der Waals surface area contributed by atoms with Crippen LogP contribution in [0.25, 0.3) is 0 Å². The fourth-order valence-electron chi connectivity index (χ4n) is 9.29. The van der Waals surface area contributed by atoms with Crippen molar-refractivity contribution in [2.24, 2.45) is 0 Å². The molecule has 1 unspecified atom stereocenters. The first kappa shape index (κ1) is 66.9.